The fraction of sp³-hybridized carbons (Fsp3) is 0.941. The molecule has 0 aliphatic carbocycles. The lowest BCUT2D eigenvalue weighted by molar-refractivity contribution is 0.0530. The molecule has 3 heterocycles. The number of nitrogens with one attached hydrogen (secondary N) is 1. The quantitative estimate of drug-likeness (QED) is 0.861. The van der Waals surface area contributed by atoms with E-state index in [-0.39, 0.29) is 0 Å². The second kappa shape index (κ2) is 6.91. The lowest BCUT2D eigenvalue weighted by atomic mass is 9.82. The van der Waals surface area contributed by atoms with Crippen LogP contribution in [0.15, 0.2) is 4.99 Å². The summed E-state index contributed by atoms with van der Waals surface area (Å²) in [5.41, 5.74) is 0. The Morgan fingerprint density at radius 2 is 1.90 bits per heavy atom. The standard InChI is InChI=1S/C17H31N3S/c1-4-12(5-2)16-11-18-17(21-16)19-13-9-14-7-6-8-15(10-13)20(14)3/h12-16H,4-11H2,1-3H3,(H,18,19). The number of thioether (sulfide) groups is 1. The van der Waals surface area contributed by atoms with E-state index < -0.39 is 0 Å². The van der Waals surface area contributed by atoms with E-state index in [9.17, 15) is 0 Å². The van der Waals surface area contributed by atoms with Crippen LogP contribution in [0, 0.1) is 5.92 Å². The van der Waals surface area contributed by atoms with E-state index in [4.69, 9.17) is 4.99 Å². The molecule has 2 fully saturated rings. The third-order valence-corrected chi connectivity index (χ3v) is 7.23. The molecule has 3 rings (SSSR count). The third kappa shape index (κ3) is 3.42. The first kappa shape index (κ1) is 15.7. The highest BCUT2D eigenvalue weighted by Crippen LogP contribution is 2.34. The minimum absolute atomic E-state index is 0.656. The molecular weight excluding hydrogens is 278 g/mol. The number of hydrogen-bond acceptors (Lipinski definition) is 4. The molecule has 2 bridgehead atoms. The number of piperidine rings is 2. The Morgan fingerprint density at radius 1 is 1.24 bits per heavy atom. The van der Waals surface area contributed by atoms with Gasteiger partial charge < -0.3 is 10.2 Å². The molecule has 3 unspecified atom stereocenters. The Hall–Kier alpha value is -0.220. The average Bonchev–Trinajstić information content (AvgIpc) is 2.90. The number of hydrogen-bond donors (Lipinski definition) is 1. The fourth-order valence-electron chi connectivity index (χ4n) is 4.44. The summed E-state index contributed by atoms with van der Waals surface area (Å²) in [6.07, 6.45) is 9.40. The molecule has 4 heteroatoms. The van der Waals surface area contributed by atoms with E-state index in [1.54, 1.807) is 0 Å². The number of amidine groups is 1. The largest absolute Gasteiger partial charge is 0.362 e. The molecule has 2 saturated heterocycles. The van der Waals surface area contributed by atoms with E-state index in [0.29, 0.717) is 11.3 Å². The van der Waals surface area contributed by atoms with Gasteiger partial charge in [-0.15, -0.1) is 0 Å². The molecule has 0 radical (unpaired) electrons. The van der Waals surface area contributed by atoms with E-state index in [2.05, 4.69) is 31.1 Å². The molecule has 120 valence electrons. The second-order valence-corrected chi connectivity index (χ2v) is 8.32. The highest BCUT2D eigenvalue weighted by molar-refractivity contribution is 8.14. The van der Waals surface area contributed by atoms with E-state index >= 15 is 0 Å². The lowest BCUT2D eigenvalue weighted by Gasteiger charge is -2.47. The molecule has 0 saturated carbocycles. The Morgan fingerprint density at radius 3 is 2.52 bits per heavy atom. The van der Waals surface area contributed by atoms with Crippen molar-refractivity contribution < 1.29 is 0 Å². The molecule has 0 aromatic heterocycles. The van der Waals surface area contributed by atoms with E-state index in [0.717, 1.165) is 24.5 Å². The van der Waals surface area contributed by atoms with Crippen LogP contribution in [-0.4, -0.2) is 47.0 Å². The molecule has 3 aliphatic rings. The highest BCUT2D eigenvalue weighted by atomic mass is 32.2. The van der Waals surface area contributed by atoms with Gasteiger partial charge in [-0.2, -0.15) is 0 Å². The first-order valence-electron chi connectivity index (χ1n) is 8.90. The Bertz CT molecular complexity index is 366. The van der Waals surface area contributed by atoms with Crippen LogP contribution in [0.5, 0.6) is 0 Å². The lowest BCUT2D eigenvalue weighted by Crippen LogP contribution is -2.55. The minimum atomic E-state index is 0.656. The molecule has 21 heavy (non-hydrogen) atoms. The van der Waals surface area contributed by atoms with Gasteiger partial charge in [-0.1, -0.05) is 44.9 Å². The first-order chi connectivity index (χ1) is 10.2. The van der Waals surface area contributed by atoms with E-state index in [1.807, 2.05) is 11.8 Å². The third-order valence-electron chi connectivity index (χ3n) is 5.92. The SMILES string of the molecule is CCC(CC)C1CN=C(NC2CC3CCCC(C2)N3C)S1. The Kier molecular flexibility index (Phi) is 5.15. The molecule has 3 aliphatic heterocycles. The zero-order valence-electron chi connectivity index (χ0n) is 13.8. The van der Waals surface area contributed by atoms with Crippen LogP contribution in [0.4, 0.5) is 0 Å². The average molecular weight is 310 g/mol. The number of fused-ring (bicyclic) bond motifs is 2. The maximum atomic E-state index is 4.80. The van der Waals surface area contributed by atoms with Gasteiger partial charge in [0, 0.05) is 23.4 Å². The molecule has 3 nitrogen and oxygen atoms in total. The molecule has 0 aromatic rings. The van der Waals surface area contributed by atoms with Gasteiger partial charge in [0.05, 0.1) is 6.54 Å². The van der Waals surface area contributed by atoms with Gasteiger partial charge in [0.25, 0.3) is 0 Å². The summed E-state index contributed by atoms with van der Waals surface area (Å²) in [5, 5.41) is 5.74. The van der Waals surface area contributed by atoms with Crippen molar-refractivity contribution in [1.82, 2.24) is 10.2 Å². The van der Waals surface area contributed by atoms with Crippen molar-refractivity contribution in [3.8, 4) is 0 Å². The van der Waals surface area contributed by atoms with Crippen molar-refractivity contribution in [1.29, 1.82) is 0 Å². The summed E-state index contributed by atoms with van der Waals surface area (Å²) < 4.78 is 0. The fourth-order valence-corrected chi connectivity index (χ4v) is 5.84. The number of nitrogens with zero attached hydrogens (tertiary/aromatic N) is 2. The summed E-state index contributed by atoms with van der Waals surface area (Å²) in [5.74, 6) is 0.829. The maximum absolute atomic E-state index is 4.80. The van der Waals surface area contributed by atoms with Gasteiger partial charge in [-0.05, 0) is 38.6 Å². The predicted octanol–water partition coefficient (Wildman–Crippen LogP) is 3.50. The predicted molar refractivity (Wildman–Crippen MR) is 93.1 cm³/mol. The smallest absolute Gasteiger partial charge is 0.157 e. The van der Waals surface area contributed by atoms with Crippen LogP contribution in [0.3, 0.4) is 0 Å². The second-order valence-electron chi connectivity index (χ2n) is 7.10. The normalized spacial score (nSPS) is 36.9. The summed E-state index contributed by atoms with van der Waals surface area (Å²) >= 11 is 2.02. The summed E-state index contributed by atoms with van der Waals surface area (Å²) in [6, 6.07) is 2.26. The topological polar surface area (TPSA) is 27.6 Å². The number of aliphatic imine (C=N–C) groups is 1. The van der Waals surface area contributed by atoms with Gasteiger partial charge in [0.2, 0.25) is 0 Å². The van der Waals surface area contributed by atoms with Crippen LogP contribution < -0.4 is 5.32 Å². The zero-order valence-corrected chi connectivity index (χ0v) is 14.7. The van der Waals surface area contributed by atoms with Crippen LogP contribution in [-0.2, 0) is 0 Å². The van der Waals surface area contributed by atoms with Gasteiger partial charge in [0.15, 0.2) is 5.17 Å². The molecular formula is C17H31N3S. The summed E-state index contributed by atoms with van der Waals surface area (Å²) in [4.78, 5) is 7.43. The molecule has 1 N–H and O–H groups in total. The van der Waals surface area contributed by atoms with Gasteiger partial charge in [0.1, 0.15) is 0 Å². The van der Waals surface area contributed by atoms with Crippen LogP contribution >= 0.6 is 11.8 Å². The summed E-state index contributed by atoms with van der Waals surface area (Å²) in [7, 11) is 2.33. The minimum Gasteiger partial charge on any atom is -0.362 e. The van der Waals surface area contributed by atoms with Gasteiger partial charge in [-0.3, -0.25) is 4.99 Å². The van der Waals surface area contributed by atoms with Crippen molar-refractivity contribution in [2.24, 2.45) is 10.9 Å². The molecule has 0 aromatic carbocycles. The van der Waals surface area contributed by atoms with Gasteiger partial charge >= 0.3 is 0 Å². The highest BCUT2D eigenvalue weighted by Gasteiger charge is 2.37. The van der Waals surface area contributed by atoms with Crippen molar-refractivity contribution in [3.05, 3.63) is 0 Å². The molecule has 0 amide bonds. The van der Waals surface area contributed by atoms with E-state index in [1.165, 1.54) is 50.1 Å². The summed E-state index contributed by atoms with van der Waals surface area (Å²) in [6.45, 7) is 5.66. The van der Waals surface area contributed by atoms with Crippen molar-refractivity contribution in [2.45, 2.75) is 82.2 Å². The Balaban J connectivity index is 1.52. The zero-order chi connectivity index (χ0) is 14.8. The van der Waals surface area contributed by atoms with Crippen LogP contribution in [0.25, 0.3) is 0 Å². The number of rotatable bonds is 4. The van der Waals surface area contributed by atoms with Crippen LogP contribution in [0.2, 0.25) is 0 Å². The van der Waals surface area contributed by atoms with Crippen molar-refractivity contribution in [2.75, 3.05) is 13.6 Å². The van der Waals surface area contributed by atoms with Gasteiger partial charge in [-0.25, -0.2) is 0 Å². The monoisotopic (exact) mass is 309 g/mol. The first-order valence-corrected chi connectivity index (χ1v) is 9.78. The molecule has 3 atom stereocenters. The van der Waals surface area contributed by atoms with Crippen molar-refractivity contribution in [3.63, 3.8) is 0 Å². The maximum Gasteiger partial charge on any atom is 0.157 e. The van der Waals surface area contributed by atoms with Crippen LogP contribution in [0.1, 0.15) is 58.8 Å². The Labute approximate surface area is 134 Å². The van der Waals surface area contributed by atoms with Crippen molar-refractivity contribution >= 4 is 16.9 Å². The molecule has 0 spiro atoms.